The van der Waals surface area contributed by atoms with Gasteiger partial charge in [0.05, 0.1) is 11.1 Å². The third-order valence-corrected chi connectivity index (χ3v) is 8.44. The van der Waals surface area contributed by atoms with Gasteiger partial charge in [-0.2, -0.15) is 0 Å². The smallest absolute Gasteiger partial charge is 0.336 e. The van der Waals surface area contributed by atoms with Gasteiger partial charge in [0.25, 0.3) is 0 Å². The van der Waals surface area contributed by atoms with Crippen molar-refractivity contribution in [3.05, 3.63) is 57.6 Å². The van der Waals surface area contributed by atoms with Crippen molar-refractivity contribution in [1.82, 2.24) is 9.80 Å². The molecule has 42 heavy (non-hydrogen) atoms. The van der Waals surface area contributed by atoms with Gasteiger partial charge in [-0.3, -0.25) is 4.79 Å². The first-order valence-corrected chi connectivity index (χ1v) is 16.1. The fraction of sp³-hybridized carbons (Fsp3) is 0.571. The lowest BCUT2D eigenvalue weighted by molar-refractivity contribution is 0.0684. The summed E-state index contributed by atoms with van der Waals surface area (Å²) in [5.74, 6) is -2.36. The molecule has 1 aliphatic carbocycles. The summed E-state index contributed by atoms with van der Waals surface area (Å²) in [5, 5.41) is 20.1. The zero-order valence-corrected chi connectivity index (χ0v) is 26.1. The van der Waals surface area contributed by atoms with Crippen molar-refractivity contribution < 1.29 is 24.6 Å². The average molecular weight is 579 g/mol. The molecule has 7 nitrogen and oxygen atoms in total. The number of ketones is 1. The van der Waals surface area contributed by atoms with Crippen LogP contribution in [-0.4, -0.2) is 77.0 Å². The maximum Gasteiger partial charge on any atom is 0.336 e. The van der Waals surface area contributed by atoms with Crippen molar-refractivity contribution >= 4 is 17.7 Å². The Kier molecular flexibility index (Phi) is 13.2. The van der Waals surface area contributed by atoms with Gasteiger partial charge in [0.1, 0.15) is 0 Å². The summed E-state index contributed by atoms with van der Waals surface area (Å²) in [6.07, 6.45) is 9.77. The van der Waals surface area contributed by atoms with Gasteiger partial charge in [-0.25, -0.2) is 9.59 Å². The first-order chi connectivity index (χ1) is 20.3. The van der Waals surface area contributed by atoms with Crippen LogP contribution in [0.4, 0.5) is 0 Å². The van der Waals surface area contributed by atoms with E-state index in [1.165, 1.54) is 12.1 Å². The maximum absolute atomic E-state index is 13.9. The standard InChI is InChI=1S/C35H50N2O5/c1-5-9-17-36(18-10-6-2)21-15-25-23-29-27-14-13-26(34(39)40)24-30(27)33(38)32(29)28(31(25)35(41)42)16-22-37(19-11-7-3)20-12-8-4/h13-14,23-24H,5-12,15-22H2,1-4H3,(H,39,40)(H,41,42). The van der Waals surface area contributed by atoms with Crippen LogP contribution in [0.5, 0.6) is 0 Å². The van der Waals surface area contributed by atoms with Crippen molar-refractivity contribution in [2.24, 2.45) is 0 Å². The van der Waals surface area contributed by atoms with Gasteiger partial charge in [0.2, 0.25) is 0 Å². The summed E-state index contributed by atoms with van der Waals surface area (Å²) in [6, 6.07) is 6.58. The highest BCUT2D eigenvalue weighted by Gasteiger charge is 2.34. The van der Waals surface area contributed by atoms with Crippen LogP contribution in [0.2, 0.25) is 0 Å². The van der Waals surface area contributed by atoms with E-state index in [0.717, 1.165) is 95.2 Å². The topological polar surface area (TPSA) is 98.2 Å². The number of nitrogens with zero attached hydrogens (tertiary/aromatic N) is 2. The Bertz CT molecular complexity index is 1220. The Labute approximate surface area is 251 Å². The normalized spacial score (nSPS) is 12.3. The molecule has 0 spiro atoms. The molecular weight excluding hydrogens is 528 g/mol. The van der Waals surface area contributed by atoms with Gasteiger partial charge in [-0.1, -0.05) is 59.4 Å². The highest BCUT2D eigenvalue weighted by Crippen LogP contribution is 2.42. The molecular formula is C35H50N2O5. The molecule has 0 heterocycles. The lowest BCUT2D eigenvalue weighted by Gasteiger charge is -2.25. The molecule has 7 heteroatoms. The van der Waals surface area contributed by atoms with Gasteiger partial charge in [0, 0.05) is 24.2 Å². The minimum atomic E-state index is -1.09. The van der Waals surface area contributed by atoms with E-state index < -0.39 is 11.9 Å². The van der Waals surface area contributed by atoms with Crippen LogP contribution < -0.4 is 0 Å². The van der Waals surface area contributed by atoms with Crippen LogP contribution in [0.1, 0.15) is 127 Å². The summed E-state index contributed by atoms with van der Waals surface area (Å²) in [6.45, 7) is 14.0. The third kappa shape index (κ3) is 8.29. The minimum absolute atomic E-state index is 0.0583. The fourth-order valence-corrected chi connectivity index (χ4v) is 5.97. The number of aromatic carboxylic acids is 2. The van der Waals surface area contributed by atoms with Crippen molar-refractivity contribution in [2.45, 2.75) is 91.9 Å². The predicted molar refractivity (Wildman–Crippen MR) is 169 cm³/mol. The molecule has 0 amide bonds. The number of unbranched alkanes of at least 4 members (excludes halogenated alkanes) is 4. The number of fused-ring (bicyclic) bond motifs is 3. The molecule has 0 unspecified atom stereocenters. The van der Waals surface area contributed by atoms with E-state index >= 15 is 0 Å². The Morgan fingerprint density at radius 3 is 1.64 bits per heavy atom. The predicted octanol–water partition coefficient (Wildman–Crippen LogP) is 7.18. The molecule has 2 aromatic carbocycles. The number of rotatable bonds is 20. The quantitative estimate of drug-likeness (QED) is 0.146. The summed E-state index contributed by atoms with van der Waals surface area (Å²) in [4.78, 5) is 43.3. The highest BCUT2D eigenvalue weighted by atomic mass is 16.4. The van der Waals surface area contributed by atoms with E-state index in [4.69, 9.17) is 0 Å². The molecule has 0 fully saturated rings. The van der Waals surface area contributed by atoms with Crippen LogP contribution in [0.15, 0.2) is 24.3 Å². The number of hydrogen-bond donors (Lipinski definition) is 2. The van der Waals surface area contributed by atoms with E-state index in [1.54, 1.807) is 6.07 Å². The van der Waals surface area contributed by atoms with Crippen LogP contribution in [0.25, 0.3) is 11.1 Å². The Hall–Kier alpha value is -3.03. The number of benzene rings is 2. The lowest BCUT2D eigenvalue weighted by Crippen LogP contribution is -2.30. The van der Waals surface area contributed by atoms with Crippen LogP contribution in [0, 0.1) is 0 Å². The summed E-state index contributed by atoms with van der Waals surface area (Å²) >= 11 is 0. The SMILES string of the molecule is CCCCN(CCCC)CCc1cc2c(c(CCN(CCCC)CCCC)c1C(=O)O)C(=O)c1cc(C(=O)O)ccc1-2. The van der Waals surface area contributed by atoms with E-state index in [-0.39, 0.29) is 16.9 Å². The van der Waals surface area contributed by atoms with Crippen LogP contribution in [-0.2, 0) is 12.8 Å². The summed E-state index contributed by atoms with van der Waals surface area (Å²) < 4.78 is 0. The average Bonchev–Trinajstić information content (AvgIpc) is 3.26. The number of carbonyl (C=O) groups is 3. The molecule has 0 aromatic heterocycles. The van der Waals surface area contributed by atoms with Crippen molar-refractivity contribution in [3.63, 3.8) is 0 Å². The van der Waals surface area contributed by atoms with Gasteiger partial charge >= 0.3 is 11.9 Å². The van der Waals surface area contributed by atoms with Crippen LogP contribution >= 0.6 is 0 Å². The van der Waals surface area contributed by atoms with Gasteiger partial charge in [-0.05, 0) is 105 Å². The lowest BCUT2D eigenvalue weighted by atomic mass is 9.88. The number of hydrogen-bond acceptors (Lipinski definition) is 5. The van der Waals surface area contributed by atoms with Crippen molar-refractivity contribution in [2.75, 3.05) is 39.3 Å². The molecule has 0 saturated carbocycles. The zero-order chi connectivity index (χ0) is 30.6. The Morgan fingerprint density at radius 2 is 1.17 bits per heavy atom. The fourth-order valence-electron chi connectivity index (χ4n) is 5.97. The second-order valence-electron chi connectivity index (χ2n) is 11.6. The number of carboxylic acids is 2. The second-order valence-corrected chi connectivity index (χ2v) is 11.6. The molecule has 0 radical (unpaired) electrons. The molecule has 0 saturated heterocycles. The Morgan fingerprint density at radius 1 is 0.643 bits per heavy atom. The van der Waals surface area contributed by atoms with Crippen molar-refractivity contribution in [1.29, 1.82) is 0 Å². The first-order valence-electron chi connectivity index (χ1n) is 16.1. The molecule has 0 bridgehead atoms. The monoisotopic (exact) mass is 578 g/mol. The van der Waals surface area contributed by atoms with E-state index in [1.807, 2.05) is 6.07 Å². The maximum atomic E-state index is 13.9. The third-order valence-electron chi connectivity index (χ3n) is 8.44. The second kappa shape index (κ2) is 16.6. The van der Waals surface area contributed by atoms with E-state index in [0.29, 0.717) is 41.6 Å². The molecule has 1 aliphatic rings. The molecule has 2 aromatic rings. The summed E-state index contributed by atoms with van der Waals surface area (Å²) in [7, 11) is 0. The van der Waals surface area contributed by atoms with Gasteiger partial charge in [-0.15, -0.1) is 0 Å². The first kappa shape index (κ1) is 33.5. The number of carbonyl (C=O) groups excluding carboxylic acids is 1. The Balaban J connectivity index is 2.09. The number of carboxylic acid groups (broad SMARTS) is 2. The zero-order valence-electron chi connectivity index (χ0n) is 26.1. The highest BCUT2D eigenvalue weighted by molar-refractivity contribution is 6.24. The minimum Gasteiger partial charge on any atom is -0.478 e. The van der Waals surface area contributed by atoms with E-state index in [2.05, 4.69) is 37.5 Å². The molecule has 2 N–H and O–H groups in total. The molecule has 3 rings (SSSR count). The largest absolute Gasteiger partial charge is 0.478 e. The van der Waals surface area contributed by atoms with Gasteiger partial charge in [0.15, 0.2) is 5.78 Å². The van der Waals surface area contributed by atoms with Crippen LogP contribution in [0.3, 0.4) is 0 Å². The van der Waals surface area contributed by atoms with E-state index in [9.17, 15) is 24.6 Å². The molecule has 0 atom stereocenters. The van der Waals surface area contributed by atoms with Crippen molar-refractivity contribution in [3.8, 4) is 11.1 Å². The van der Waals surface area contributed by atoms with Gasteiger partial charge < -0.3 is 20.0 Å². The summed E-state index contributed by atoms with van der Waals surface area (Å²) in [5.41, 5.74) is 3.89. The molecule has 0 aliphatic heterocycles. The molecule has 230 valence electrons.